The van der Waals surface area contributed by atoms with E-state index in [1.807, 2.05) is 6.07 Å². The molecule has 5 heteroatoms. The van der Waals surface area contributed by atoms with Gasteiger partial charge in [-0.1, -0.05) is 30.2 Å². The maximum absolute atomic E-state index is 5.95. The number of nitrogens with two attached hydrogens (primary N) is 1. The highest BCUT2D eigenvalue weighted by atomic mass is 35.5. The summed E-state index contributed by atoms with van der Waals surface area (Å²) in [6.07, 6.45) is 3.71. The summed E-state index contributed by atoms with van der Waals surface area (Å²) in [6.45, 7) is 1.80. The first-order valence-corrected chi connectivity index (χ1v) is 7.29. The van der Waals surface area contributed by atoms with Crippen molar-refractivity contribution in [2.75, 3.05) is 20.2 Å². The van der Waals surface area contributed by atoms with Gasteiger partial charge in [0.05, 0.1) is 5.56 Å². The Labute approximate surface area is 124 Å². The molecule has 1 aromatic rings. The molecule has 1 atom stereocenters. The summed E-state index contributed by atoms with van der Waals surface area (Å²) in [5, 5.41) is 0.616. The van der Waals surface area contributed by atoms with Crippen molar-refractivity contribution >= 4 is 28.8 Å². The molecule has 1 unspecified atom stereocenters. The number of ether oxygens (including phenoxy) is 1. The molecule has 1 aliphatic heterocycles. The first-order valence-electron chi connectivity index (χ1n) is 6.50. The molecule has 19 heavy (non-hydrogen) atoms. The minimum atomic E-state index is 0.314. The Hall–Kier alpha value is -0.840. The molecule has 0 spiro atoms. The Kier molecular flexibility index (Phi) is 5.02. The molecule has 0 saturated carbocycles. The zero-order chi connectivity index (χ0) is 13.8. The normalized spacial score (nSPS) is 20.2. The number of nitrogens with zero attached hydrogens (tertiary/aromatic N) is 1. The Morgan fingerprint density at radius 1 is 1.53 bits per heavy atom. The van der Waals surface area contributed by atoms with Crippen molar-refractivity contribution in [1.29, 1.82) is 0 Å². The summed E-state index contributed by atoms with van der Waals surface area (Å²) >= 11 is 11.0. The number of thiocarbonyl (C=S) groups is 1. The molecule has 1 aliphatic rings. The minimum absolute atomic E-state index is 0.314. The quantitative estimate of drug-likeness (QED) is 0.868. The van der Waals surface area contributed by atoms with Gasteiger partial charge in [-0.05, 0) is 44.6 Å². The molecule has 1 aromatic carbocycles. The van der Waals surface area contributed by atoms with Crippen LogP contribution in [0.4, 0.5) is 0 Å². The Morgan fingerprint density at radius 3 is 3.00 bits per heavy atom. The largest absolute Gasteiger partial charge is 0.491 e. The number of hydrogen-bond donors (Lipinski definition) is 1. The van der Waals surface area contributed by atoms with Crippen LogP contribution in [0.2, 0.25) is 5.02 Å². The molecule has 1 fully saturated rings. The maximum atomic E-state index is 5.95. The van der Waals surface area contributed by atoms with Crippen LogP contribution in [0.15, 0.2) is 18.2 Å². The topological polar surface area (TPSA) is 38.5 Å². The van der Waals surface area contributed by atoms with E-state index in [1.165, 1.54) is 19.3 Å². The molecule has 104 valence electrons. The zero-order valence-electron chi connectivity index (χ0n) is 11.1. The van der Waals surface area contributed by atoms with E-state index in [4.69, 9.17) is 34.3 Å². The fraction of sp³-hybridized carbons (Fsp3) is 0.500. The van der Waals surface area contributed by atoms with Gasteiger partial charge in [-0.3, -0.25) is 0 Å². The maximum Gasteiger partial charge on any atom is 0.129 e. The van der Waals surface area contributed by atoms with Crippen LogP contribution in [0, 0.1) is 0 Å². The predicted octanol–water partition coefficient (Wildman–Crippen LogP) is 2.84. The van der Waals surface area contributed by atoms with Crippen molar-refractivity contribution in [1.82, 2.24) is 4.90 Å². The molecule has 0 aliphatic carbocycles. The number of rotatable bonds is 4. The third kappa shape index (κ3) is 3.81. The standard InChI is InChI=1S/C14H19ClN2OS/c1-17-7-3-2-4-11(17)9-18-13-6-5-10(15)8-12(13)14(16)19/h5-6,8,11H,2-4,7,9H2,1H3,(H2,16,19). The number of hydrogen-bond acceptors (Lipinski definition) is 3. The van der Waals surface area contributed by atoms with E-state index in [9.17, 15) is 0 Å². The molecule has 1 heterocycles. The second-order valence-electron chi connectivity index (χ2n) is 4.95. The lowest BCUT2D eigenvalue weighted by atomic mass is 10.0. The molecule has 0 radical (unpaired) electrons. The summed E-state index contributed by atoms with van der Waals surface area (Å²) < 4.78 is 5.90. The van der Waals surface area contributed by atoms with Gasteiger partial charge in [0, 0.05) is 11.1 Å². The van der Waals surface area contributed by atoms with Gasteiger partial charge in [-0.25, -0.2) is 0 Å². The highest BCUT2D eigenvalue weighted by Crippen LogP contribution is 2.24. The van der Waals surface area contributed by atoms with E-state index in [2.05, 4.69) is 11.9 Å². The second-order valence-corrected chi connectivity index (χ2v) is 5.82. The molecule has 3 nitrogen and oxygen atoms in total. The molecule has 0 bridgehead atoms. The summed E-state index contributed by atoms with van der Waals surface area (Å²) in [4.78, 5) is 2.66. The first-order chi connectivity index (χ1) is 9.08. The summed E-state index contributed by atoms with van der Waals surface area (Å²) in [5.74, 6) is 0.718. The van der Waals surface area contributed by atoms with Crippen LogP contribution in [0.3, 0.4) is 0 Å². The van der Waals surface area contributed by atoms with E-state index in [0.717, 1.165) is 12.3 Å². The lowest BCUT2D eigenvalue weighted by Gasteiger charge is -2.32. The molecular formula is C14H19ClN2OS. The fourth-order valence-electron chi connectivity index (χ4n) is 2.36. The van der Waals surface area contributed by atoms with E-state index in [1.54, 1.807) is 12.1 Å². The van der Waals surface area contributed by atoms with Crippen LogP contribution >= 0.6 is 23.8 Å². The number of likely N-dealkylation sites (tertiary alicyclic amines) is 1. The third-order valence-corrected chi connectivity index (χ3v) is 4.01. The number of halogens is 1. The minimum Gasteiger partial charge on any atom is -0.491 e. The Balaban J connectivity index is 2.04. The van der Waals surface area contributed by atoms with Crippen LogP contribution in [0.1, 0.15) is 24.8 Å². The summed E-state index contributed by atoms with van der Waals surface area (Å²) in [5.41, 5.74) is 6.41. The summed E-state index contributed by atoms with van der Waals surface area (Å²) in [7, 11) is 2.14. The van der Waals surface area contributed by atoms with Gasteiger partial charge in [0.25, 0.3) is 0 Å². The lowest BCUT2D eigenvalue weighted by Crippen LogP contribution is -2.40. The van der Waals surface area contributed by atoms with Gasteiger partial charge in [0.15, 0.2) is 0 Å². The molecular weight excluding hydrogens is 280 g/mol. The Bertz CT molecular complexity index is 467. The number of likely N-dealkylation sites (N-methyl/N-ethyl adjacent to an activating group) is 1. The van der Waals surface area contributed by atoms with Crippen LogP contribution in [0.5, 0.6) is 5.75 Å². The van der Waals surface area contributed by atoms with Crippen molar-refractivity contribution in [3.8, 4) is 5.75 Å². The highest BCUT2D eigenvalue weighted by molar-refractivity contribution is 7.80. The van der Waals surface area contributed by atoms with E-state index in [0.29, 0.717) is 28.2 Å². The summed E-state index contributed by atoms with van der Waals surface area (Å²) in [6, 6.07) is 5.84. The molecule has 1 saturated heterocycles. The average Bonchev–Trinajstić information content (AvgIpc) is 2.38. The SMILES string of the molecule is CN1CCCCC1COc1ccc(Cl)cc1C(N)=S. The van der Waals surface area contributed by atoms with Crippen LogP contribution in [0.25, 0.3) is 0 Å². The van der Waals surface area contributed by atoms with Gasteiger partial charge in [-0.15, -0.1) is 0 Å². The van der Waals surface area contributed by atoms with Gasteiger partial charge < -0.3 is 15.4 Å². The third-order valence-electron chi connectivity index (χ3n) is 3.56. The van der Waals surface area contributed by atoms with Crippen molar-refractivity contribution in [2.24, 2.45) is 5.73 Å². The van der Waals surface area contributed by atoms with Crippen molar-refractivity contribution in [3.63, 3.8) is 0 Å². The van der Waals surface area contributed by atoms with E-state index in [-0.39, 0.29) is 0 Å². The Morgan fingerprint density at radius 2 is 2.32 bits per heavy atom. The monoisotopic (exact) mass is 298 g/mol. The number of benzene rings is 1. The highest BCUT2D eigenvalue weighted by Gasteiger charge is 2.20. The van der Waals surface area contributed by atoms with Gasteiger partial charge in [-0.2, -0.15) is 0 Å². The van der Waals surface area contributed by atoms with Gasteiger partial charge >= 0.3 is 0 Å². The molecule has 0 amide bonds. The van der Waals surface area contributed by atoms with Crippen molar-refractivity contribution in [3.05, 3.63) is 28.8 Å². The van der Waals surface area contributed by atoms with Crippen LogP contribution in [-0.2, 0) is 0 Å². The predicted molar refractivity (Wildman–Crippen MR) is 83.1 cm³/mol. The van der Waals surface area contributed by atoms with E-state index >= 15 is 0 Å². The first kappa shape index (κ1) is 14.6. The molecule has 0 aromatic heterocycles. The van der Waals surface area contributed by atoms with Crippen LogP contribution < -0.4 is 10.5 Å². The van der Waals surface area contributed by atoms with E-state index < -0.39 is 0 Å². The second kappa shape index (κ2) is 6.55. The lowest BCUT2D eigenvalue weighted by molar-refractivity contribution is 0.125. The number of piperidine rings is 1. The zero-order valence-corrected chi connectivity index (χ0v) is 12.6. The van der Waals surface area contributed by atoms with Gasteiger partial charge in [0.2, 0.25) is 0 Å². The average molecular weight is 299 g/mol. The van der Waals surface area contributed by atoms with Crippen LogP contribution in [-0.4, -0.2) is 36.1 Å². The fourth-order valence-corrected chi connectivity index (χ4v) is 2.69. The van der Waals surface area contributed by atoms with Gasteiger partial charge in [0.1, 0.15) is 17.3 Å². The van der Waals surface area contributed by atoms with Crippen molar-refractivity contribution < 1.29 is 4.74 Å². The molecule has 2 N–H and O–H groups in total. The molecule has 2 rings (SSSR count). The smallest absolute Gasteiger partial charge is 0.129 e. The van der Waals surface area contributed by atoms with Crippen molar-refractivity contribution in [2.45, 2.75) is 25.3 Å².